The molecule has 0 radical (unpaired) electrons. The maximum atomic E-state index is 13.0. The van der Waals surface area contributed by atoms with Gasteiger partial charge in [-0.25, -0.2) is 4.79 Å². The summed E-state index contributed by atoms with van der Waals surface area (Å²) in [7, 11) is 1.52. The van der Waals surface area contributed by atoms with Crippen LogP contribution in [0.3, 0.4) is 0 Å². The van der Waals surface area contributed by atoms with Gasteiger partial charge in [-0.2, -0.15) is 0 Å². The van der Waals surface area contributed by atoms with Crippen molar-refractivity contribution in [3.8, 4) is 0 Å². The van der Waals surface area contributed by atoms with Crippen LogP contribution < -0.4 is 5.73 Å². The second-order valence-corrected chi connectivity index (χ2v) is 6.80. The Labute approximate surface area is 138 Å². The lowest BCUT2D eigenvalue weighted by Crippen LogP contribution is -2.62. The van der Waals surface area contributed by atoms with E-state index in [1.165, 1.54) is 11.9 Å². The second kappa shape index (κ2) is 7.59. The van der Waals surface area contributed by atoms with Crippen LogP contribution in [0, 0.1) is 11.8 Å². The quantitative estimate of drug-likeness (QED) is 0.806. The largest absolute Gasteiger partial charge is 0.480 e. The van der Waals surface area contributed by atoms with Crippen LogP contribution in [-0.2, 0) is 16.0 Å². The first-order valence-corrected chi connectivity index (χ1v) is 7.94. The maximum Gasteiger partial charge on any atom is 0.326 e. The zero-order valence-electron chi connectivity index (χ0n) is 14.6. The van der Waals surface area contributed by atoms with Gasteiger partial charge in [0.05, 0.1) is 0 Å². The minimum atomic E-state index is -1.14. The number of aliphatic carboxylic acids is 1. The first-order valence-electron chi connectivity index (χ1n) is 7.94. The minimum Gasteiger partial charge on any atom is -0.480 e. The molecule has 3 N–H and O–H groups in total. The molecule has 5 heteroatoms. The summed E-state index contributed by atoms with van der Waals surface area (Å²) in [6.07, 6.45) is 0.374. The molecule has 128 valence electrons. The van der Waals surface area contributed by atoms with E-state index in [4.69, 9.17) is 5.73 Å². The summed E-state index contributed by atoms with van der Waals surface area (Å²) in [5, 5.41) is 9.42. The fourth-order valence-corrected chi connectivity index (χ4v) is 2.81. The van der Waals surface area contributed by atoms with Gasteiger partial charge in [0, 0.05) is 7.05 Å². The molecule has 0 bridgehead atoms. The number of carbonyl (C=O) groups is 2. The third-order valence-corrected chi connectivity index (χ3v) is 4.39. The summed E-state index contributed by atoms with van der Waals surface area (Å²) in [6, 6.07) is 8.67. The Morgan fingerprint density at radius 3 is 2.09 bits per heavy atom. The summed E-state index contributed by atoms with van der Waals surface area (Å²) in [4.78, 5) is 25.8. The van der Waals surface area contributed by atoms with Crippen LogP contribution in [0.25, 0.3) is 0 Å². The number of benzene rings is 1. The lowest BCUT2D eigenvalue weighted by atomic mass is 9.80. The van der Waals surface area contributed by atoms with Gasteiger partial charge >= 0.3 is 5.97 Å². The number of nitrogens with zero attached hydrogens (tertiary/aromatic N) is 1. The van der Waals surface area contributed by atoms with Crippen molar-refractivity contribution in [1.29, 1.82) is 0 Å². The molecule has 23 heavy (non-hydrogen) atoms. The van der Waals surface area contributed by atoms with Crippen LogP contribution in [0.4, 0.5) is 0 Å². The molecule has 1 rings (SSSR count). The van der Waals surface area contributed by atoms with Gasteiger partial charge in [-0.15, -0.1) is 0 Å². The van der Waals surface area contributed by atoms with E-state index in [0.29, 0.717) is 6.42 Å². The van der Waals surface area contributed by atoms with Gasteiger partial charge in [-0.1, -0.05) is 58.0 Å². The Balaban J connectivity index is 3.13. The average molecular weight is 320 g/mol. The molecular formula is C18H28N2O3. The maximum absolute atomic E-state index is 13.0. The zero-order valence-corrected chi connectivity index (χ0v) is 14.6. The highest BCUT2D eigenvalue weighted by molar-refractivity contribution is 5.90. The molecule has 0 aromatic heterocycles. The average Bonchev–Trinajstić information content (AvgIpc) is 2.46. The Morgan fingerprint density at radius 2 is 1.70 bits per heavy atom. The molecular weight excluding hydrogens is 292 g/mol. The van der Waals surface area contributed by atoms with Crippen LogP contribution in [0.5, 0.6) is 0 Å². The van der Waals surface area contributed by atoms with Crippen molar-refractivity contribution < 1.29 is 14.7 Å². The highest BCUT2D eigenvalue weighted by Gasteiger charge is 2.43. The fourth-order valence-electron chi connectivity index (χ4n) is 2.81. The van der Waals surface area contributed by atoms with Crippen molar-refractivity contribution >= 4 is 11.9 Å². The summed E-state index contributed by atoms with van der Waals surface area (Å²) in [6.45, 7) is 7.35. The first-order chi connectivity index (χ1) is 10.6. The van der Waals surface area contributed by atoms with Crippen LogP contribution in [0.1, 0.15) is 33.3 Å². The second-order valence-electron chi connectivity index (χ2n) is 6.80. The van der Waals surface area contributed by atoms with Crippen molar-refractivity contribution in [2.45, 2.75) is 45.7 Å². The van der Waals surface area contributed by atoms with Gasteiger partial charge in [-0.3, -0.25) is 4.79 Å². The van der Waals surface area contributed by atoms with Crippen molar-refractivity contribution in [1.82, 2.24) is 4.90 Å². The van der Waals surface area contributed by atoms with Crippen LogP contribution in [0.2, 0.25) is 0 Å². The number of carboxylic acid groups (broad SMARTS) is 1. The number of hydrogen-bond acceptors (Lipinski definition) is 3. The summed E-state index contributed by atoms with van der Waals surface area (Å²) in [5.41, 5.74) is 6.29. The predicted octanol–water partition coefficient (Wildman–Crippen LogP) is 2.15. The standard InChI is InChI=1S/C18H28N2O3/c1-12(2)15(16(21)22)20(5)17(23)18(19,13(3)4)11-14-9-7-6-8-10-14/h6-10,12-13,15H,11,19H2,1-5H3,(H,21,22)/t15-,18-/m0/s1. The van der Waals surface area contributed by atoms with E-state index < -0.39 is 17.6 Å². The SMILES string of the molecule is CC(C)[C@@H](C(=O)O)N(C)C(=O)[C@](N)(Cc1ccccc1)C(C)C. The molecule has 1 aromatic carbocycles. The molecule has 0 aliphatic heterocycles. The Bertz CT molecular complexity index is 542. The number of amides is 1. The summed E-state index contributed by atoms with van der Waals surface area (Å²) >= 11 is 0. The van der Waals surface area contributed by atoms with Crippen LogP contribution in [0.15, 0.2) is 30.3 Å². The van der Waals surface area contributed by atoms with E-state index in [0.717, 1.165) is 5.56 Å². The molecule has 0 heterocycles. The van der Waals surface area contributed by atoms with Crippen molar-refractivity contribution in [2.24, 2.45) is 17.6 Å². The highest BCUT2D eigenvalue weighted by Crippen LogP contribution is 2.24. The van der Waals surface area contributed by atoms with E-state index in [-0.39, 0.29) is 17.7 Å². The molecule has 0 unspecified atom stereocenters. The lowest BCUT2D eigenvalue weighted by Gasteiger charge is -2.39. The molecule has 0 fully saturated rings. The molecule has 0 aliphatic rings. The molecule has 1 aromatic rings. The van der Waals surface area contributed by atoms with Gasteiger partial charge in [0.15, 0.2) is 0 Å². The normalized spacial score (nSPS) is 15.3. The third kappa shape index (κ3) is 4.32. The van der Waals surface area contributed by atoms with E-state index in [2.05, 4.69) is 0 Å². The van der Waals surface area contributed by atoms with Gasteiger partial charge in [0.25, 0.3) is 0 Å². The van der Waals surface area contributed by atoms with Crippen LogP contribution in [-0.4, -0.2) is 40.5 Å². The van der Waals surface area contributed by atoms with Gasteiger partial charge in [0.1, 0.15) is 11.6 Å². The molecule has 2 atom stereocenters. The Hall–Kier alpha value is -1.88. The number of carbonyl (C=O) groups excluding carboxylic acids is 1. The van der Waals surface area contributed by atoms with Gasteiger partial charge < -0.3 is 15.7 Å². The molecule has 5 nitrogen and oxygen atoms in total. The zero-order chi connectivity index (χ0) is 17.8. The van der Waals surface area contributed by atoms with Gasteiger partial charge in [-0.05, 0) is 23.8 Å². The van der Waals surface area contributed by atoms with Crippen molar-refractivity contribution in [3.05, 3.63) is 35.9 Å². The predicted molar refractivity (Wildman–Crippen MR) is 90.9 cm³/mol. The summed E-state index contributed by atoms with van der Waals surface area (Å²) < 4.78 is 0. The van der Waals surface area contributed by atoms with E-state index in [1.807, 2.05) is 44.2 Å². The van der Waals surface area contributed by atoms with Crippen molar-refractivity contribution in [2.75, 3.05) is 7.05 Å². The van der Waals surface area contributed by atoms with Crippen LogP contribution >= 0.6 is 0 Å². The smallest absolute Gasteiger partial charge is 0.326 e. The molecule has 1 amide bonds. The lowest BCUT2D eigenvalue weighted by molar-refractivity contribution is -0.154. The Morgan fingerprint density at radius 1 is 1.17 bits per heavy atom. The highest BCUT2D eigenvalue weighted by atomic mass is 16.4. The van der Waals surface area contributed by atoms with Crippen molar-refractivity contribution in [3.63, 3.8) is 0 Å². The number of carboxylic acids is 1. The number of likely N-dealkylation sites (N-methyl/N-ethyl adjacent to an activating group) is 1. The topological polar surface area (TPSA) is 83.6 Å². The van der Waals surface area contributed by atoms with E-state index in [9.17, 15) is 14.7 Å². The number of nitrogens with two attached hydrogens (primary N) is 1. The van der Waals surface area contributed by atoms with Gasteiger partial charge in [0.2, 0.25) is 5.91 Å². The van der Waals surface area contributed by atoms with E-state index >= 15 is 0 Å². The molecule has 0 aliphatic carbocycles. The monoisotopic (exact) mass is 320 g/mol. The number of hydrogen-bond donors (Lipinski definition) is 2. The molecule has 0 saturated carbocycles. The Kier molecular flexibility index (Phi) is 6.33. The third-order valence-electron chi connectivity index (χ3n) is 4.39. The first kappa shape index (κ1) is 19.2. The number of rotatable bonds is 7. The molecule has 0 saturated heterocycles. The van der Waals surface area contributed by atoms with E-state index in [1.54, 1.807) is 13.8 Å². The fraction of sp³-hybridized carbons (Fsp3) is 0.556. The summed E-state index contributed by atoms with van der Waals surface area (Å²) in [5.74, 6) is -1.67. The minimum absolute atomic E-state index is 0.126. The molecule has 0 spiro atoms.